The van der Waals surface area contributed by atoms with Crippen LogP contribution in [0.25, 0.3) is 0 Å². The number of amides is 1. The molecule has 0 fully saturated rings. The van der Waals surface area contributed by atoms with Crippen LogP contribution in [0.3, 0.4) is 0 Å². The van der Waals surface area contributed by atoms with Crippen LogP contribution in [0, 0.1) is 6.92 Å². The van der Waals surface area contributed by atoms with E-state index in [0.717, 1.165) is 23.4 Å². The van der Waals surface area contributed by atoms with Crippen molar-refractivity contribution < 1.29 is 14.3 Å². The summed E-state index contributed by atoms with van der Waals surface area (Å²) < 4.78 is 10.9. The number of ether oxygens (including phenoxy) is 2. The number of benzene rings is 1. The van der Waals surface area contributed by atoms with Crippen LogP contribution in [0.5, 0.6) is 5.75 Å². The van der Waals surface area contributed by atoms with Crippen LogP contribution >= 0.6 is 0 Å². The van der Waals surface area contributed by atoms with Gasteiger partial charge in [-0.3, -0.25) is 4.79 Å². The fourth-order valence-electron chi connectivity index (χ4n) is 2.09. The quantitative estimate of drug-likeness (QED) is 0.830. The summed E-state index contributed by atoms with van der Waals surface area (Å²) in [4.78, 5) is 12.3. The first-order valence-corrected chi connectivity index (χ1v) is 7.07. The molecule has 0 saturated heterocycles. The van der Waals surface area contributed by atoms with Crippen LogP contribution < -0.4 is 10.1 Å². The largest absolute Gasteiger partial charge is 0.494 e. The van der Waals surface area contributed by atoms with Crippen molar-refractivity contribution in [1.29, 1.82) is 0 Å². The van der Waals surface area contributed by atoms with Crippen molar-refractivity contribution in [2.24, 2.45) is 0 Å². The van der Waals surface area contributed by atoms with Gasteiger partial charge < -0.3 is 14.8 Å². The normalized spacial score (nSPS) is 13.7. The average molecular weight is 279 g/mol. The molecule has 0 spiro atoms. The second kappa shape index (κ2) is 7.29. The number of hydrogen-bond donors (Lipinski definition) is 1. The van der Waals surface area contributed by atoms with Crippen molar-refractivity contribution in [2.45, 2.75) is 46.1 Å². The minimum atomic E-state index is -0.790. The van der Waals surface area contributed by atoms with Crippen LogP contribution in [-0.4, -0.2) is 25.2 Å². The molecule has 1 rings (SSSR count). The summed E-state index contributed by atoms with van der Waals surface area (Å²) in [5.41, 5.74) is 0.968. The van der Waals surface area contributed by atoms with E-state index in [1.807, 2.05) is 45.9 Å². The molecule has 1 N–H and O–H groups in total. The smallest absolute Gasteiger partial charge is 0.256 e. The molecule has 20 heavy (non-hydrogen) atoms. The Kier molecular flexibility index (Phi) is 6.02. The Labute approximate surface area is 121 Å². The van der Waals surface area contributed by atoms with Gasteiger partial charge in [-0.2, -0.15) is 0 Å². The van der Waals surface area contributed by atoms with Gasteiger partial charge in [-0.1, -0.05) is 13.3 Å². The van der Waals surface area contributed by atoms with Gasteiger partial charge in [-0.25, -0.2) is 0 Å². The van der Waals surface area contributed by atoms with Crippen molar-refractivity contribution in [3.63, 3.8) is 0 Å². The SMILES string of the molecule is CCC[C@@](C)(OC)C(=O)Nc1ccc(OCC)c(C)c1. The van der Waals surface area contributed by atoms with Crippen molar-refractivity contribution in [3.8, 4) is 5.75 Å². The monoisotopic (exact) mass is 279 g/mol. The molecule has 1 aromatic carbocycles. The lowest BCUT2D eigenvalue weighted by molar-refractivity contribution is -0.136. The van der Waals surface area contributed by atoms with Gasteiger partial charge in [-0.15, -0.1) is 0 Å². The summed E-state index contributed by atoms with van der Waals surface area (Å²) in [6, 6.07) is 5.63. The number of anilines is 1. The Morgan fingerprint density at radius 2 is 2.05 bits per heavy atom. The number of methoxy groups -OCH3 is 1. The van der Waals surface area contributed by atoms with E-state index in [-0.39, 0.29) is 5.91 Å². The van der Waals surface area contributed by atoms with Gasteiger partial charge >= 0.3 is 0 Å². The highest BCUT2D eigenvalue weighted by Gasteiger charge is 2.32. The summed E-state index contributed by atoms with van der Waals surface area (Å²) in [6.45, 7) is 8.38. The van der Waals surface area contributed by atoms with Crippen LogP contribution in [0.15, 0.2) is 18.2 Å². The zero-order chi connectivity index (χ0) is 15.2. The molecule has 0 saturated carbocycles. The van der Waals surface area contributed by atoms with Gasteiger partial charge in [0.25, 0.3) is 5.91 Å². The van der Waals surface area contributed by atoms with Gasteiger partial charge in [0.15, 0.2) is 0 Å². The summed E-state index contributed by atoms with van der Waals surface area (Å²) >= 11 is 0. The Hall–Kier alpha value is -1.55. The predicted octanol–water partition coefficient (Wildman–Crippen LogP) is 3.54. The van der Waals surface area contributed by atoms with E-state index in [0.29, 0.717) is 13.0 Å². The molecule has 0 aliphatic carbocycles. The minimum absolute atomic E-state index is 0.120. The van der Waals surface area contributed by atoms with E-state index >= 15 is 0 Å². The standard InChI is InChI=1S/C16H25NO3/c1-6-10-16(4,19-5)15(18)17-13-8-9-14(20-7-2)12(3)11-13/h8-9,11H,6-7,10H2,1-5H3,(H,17,18)/t16-/m1/s1. The highest BCUT2D eigenvalue weighted by molar-refractivity contribution is 5.97. The van der Waals surface area contributed by atoms with Crippen molar-refractivity contribution >= 4 is 11.6 Å². The molecule has 0 radical (unpaired) electrons. The molecular formula is C16H25NO3. The third-order valence-corrected chi connectivity index (χ3v) is 3.39. The number of hydrogen-bond acceptors (Lipinski definition) is 3. The molecule has 0 aromatic heterocycles. The van der Waals surface area contributed by atoms with E-state index in [1.54, 1.807) is 7.11 Å². The van der Waals surface area contributed by atoms with Crippen LogP contribution in [0.1, 0.15) is 39.2 Å². The van der Waals surface area contributed by atoms with E-state index in [4.69, 9.17) is 9.47 Å². The molecule has 1 aromatic rings. The van der Waals surface area contributed by atoms with Crippen molar-refractivity contribution in [2.75, 3.05) is 19.0 Å². The summed E-state index contributed by atoms with van der Waals surface area (Å²) in [5, 5.41) is 2.91. The Morgan fingerprint density at radius 1 is 1.35 bits per heavy atom. The molecule has 112 valence electrons. The van der Waals surface area contributed by atoms with E-state index in [2.05, 4.69) is 5.32 Å². The fraction of sp³-hybridized carbons (Fsp3) is 0.562. The Morgan fingerprint density at radius 3 is 2.55 bits per heavy atom. The lowest BCUT2D eigenvalue weighted by Gasteiger charge is -2.26. The minimum Gasteiger partial charge on any atom is -0.494 e. The van der Waals surface area contributed by atoms with E-state index in [9.17, 15) is 4.79 Å². The third kappa shape index (κ3) is 3.97. The van der Waals surface area contributed by atoms with Crippen molar-refractivity contribution in [3.05, 3.63) is 23.8 Å². The number of carbonyl (C=O) groups excluding carboxylic acids is 1. The maximum atomic E-state index is 12.3. The lowest BCUT2D eigenvalue weighted by atomic mass is 9.99. The van der Waals surface area contributed by atoms with Gasteiger partial charge in [0.05, 0.1) is 6.61 Å². The van der Waals surface area contributed by atoms with Gasteiger partial charge in [-0.05, 0) is 51.0 Å². The molecule has 1 atom stereocenters. The average Bonchev–Trinajstić information content (AvgIpc) is 2.42. The first-order chi connectivity index (χ1) is 9.46. The Bertz CT molecular complexity index is 459. The highest BCUT2D eigenvalue weighted by Crippen LogP contribution is 2.24. The van der Waals surface area contributed by atoms with E-state index in [1.165, 1.54) is 0 Å². The van der Waals surface area contributed by atoms with Crippen molar-refractivity contribution in [1.82, 2.24) is 0 Å². The number of aryl methyl sites for hydroxylation is 1. The summed E-state index contributed by atoms with van der Waals surface area (Å²) in [7, 11) is 1.57. The molecule has 1 amide bonds. The van der Waals surface area contributed by atoms with Crippen LogP contribution in [-0.2, 0) is 9.53 Å². The van der Waals surface area contributed by atoms with Gasteiger partial charge in [0.2, 0.25) is 0 Å². The molecule has 0 bridgehead atoms. The number of rotatable bonds is 7. The number of carbonyl (C=O) groups is 1. The molecular weight excluding hydrogens is 254 g/mol. The predicted molar refractivity (Wildman–Crippen MR) is 81.3 cm³/mol. The zero-order valence-corrected chi connectivity index (χ0v) is 13.1. The molecule has 4 nitrogen and oxygen atoms in total. The maximum absolute atomic E-state index is 12.3. The molecule has 0 heterocycles. The topological polar surface area (TPSA) is 47.6 Å². The van der Waals surface area contributed by atoms with Gasteiger partial charge in [0.1, 0.15) is 11.4 Å². The maximum Gasteiger partial charge on any atom is 0.256 e. The molecule has 4 heteroatoms. The van der Waals surface area contributed by atoms with Crippen LogP contribution in [0.4, 0.5) is 5.69 Å². The Balaban J connectivity index is 2.82. The number of nitrogens with one attached hydrogen (secondary N) is 1. The lowest BCUT2D eigenvalue weighted by Crippen LogP contribution is -2.41. The fourth-order valence-corrected chi connectivity index (χ4v) is 2.09. The highest BCUT2D eigenvalue weighted by atomic mass is 16.5. The van der Waals surface area contributed by atoms with Gasteiger partial charge in [0, 0.05) is 12.8 Å². The molecule has 0 aliphatic rings. The summed E-state index contributed by atoms with van der Waals surface area (Å²) in [5.74, 6) is 0.721. The second-order valence-electron chi connectivity index (χ2n) is 5.05. The zero-order valence-electron chi connectivity index (χ0n) is 13.1. The summed E-state index contributed by atoms with van der Waals surface area (Å²) in [6.07, 6.45) is 1.57. The first-order valence-electron chi connectivity index (χ1n) is 7.07. The van der Waals surface area contributed by atoms with E-state index < -0.39 is 5.60 Å². The molecule has 0 unspecified atom stereocenters. The third-order valence-electron chi connectivity index (χ3n) is 3.39. The first kappa shape index (κ1) is 16.5. The van der Waals surface area contributed by atoms with Crippen LogP contribution in [0.2, 0.25) is 0 Å². The second-order valence-corrected chi connectivity index (χ2v) is 5.05. The molecule has 0 aliphatic heterocycles.